The molecule has 3 aliphatic rings. The molecule has 6 rings (SSSR count). The van der Waals surface area contributed by atoms with Crippen LogP contribution in [0.15, 0.2) is 32.2 Å². The van der Waals surface area contributed by atoms with Crippen molar-refractivity contribution >= 4 is 46.2 Å². The minimum Gasteiger partial charge on any atom is -0.372 e. The lowest BCUT2D eigenvalue weighted by molar-refractivity contribution is -0.0432. The number of halogens is 1. The number of aliphatic imine (C=N–C) groups is 2. The van der Waals surface area contributed by atoms with Gasteiger partial charge in [-0.05, 0) is 31.9 Å². The molecule has 1 saturated heterocycles. The number of hydrogen-bond donors (Lipinski definition) is 1. The molecule has 0 saturated carbocycles. The molecule has 1 spiro atoms. The summed E-state index contributed by atoms with van der Waals surface area (Å²) in [6.07, 6.45) is 6.17. The van der Waals surface area contributed by atoms with E-state index < -0.39 is 5.41 Å². The highest BCUT2D eigenvalue weighted by Crippen LogP contribution is 2.47. The quantitative estimate of drug-likeness (QED) is 0.650. The average Bonchev–Trinajstić information content (AvgIpc) is 3.42. The minimum atomic E-state index is -0.448. The summed E-state index contributed by atoms with van der Waals surface area (Å²) in [6.45, 7) is 5.57. The fourth-order valence-electron chi connectivity index (χ4n) is 5.42. The largest absolute Gasteiger partial charge is 0.372 e. The zero-order valence-electron chi connectivity index (χ0n) is 17.8. The molecule has 0 radical (unpaired) electrons. The predicted molar refractivity (Wildman–Crippen MR) is 123 cm³/mol. The lowest BCUT2D eigenvalue weighted by atomic mass is 9.69. The lowest BCUT2D eigenvalue weighted by Crippen LogP contribution is -2.65. The van der Waals surface area contributed by atoms with Crippen molar-refractivity contribution in [1.29, 1.82) is 0 Å². The van der Waals surface area contributed by atoms with E-state index in [2.05, 4.69) is 30.3 Å². The number of nitrogens with one attached hydrogen (secondary N) is 1. The fraction of sp³-hybridized carbons (Fsp3) is 0.455. The molecule has 0 bridgehead atoms. The first-order valence-corrected chi connectivity index (χ1v) is 11.6. The van der Waals surface area contributed by atoms with E-state index in [0.29, 0.717) is 43.1 Å². The van der Waals surface area contributed by atoms with E-state index in [1.54, 1.807) is 17.5 Å². The van der Waals surface area contributed by atoms with E-state index in [0.717, 1.165) is 10.6 Å². The first-order valence-electron chi connectivity index (χ1n) is 10.7. The number of hydrogen-bond acceptors (Lipinski definition) is 9. The Bertz CT molecular complexity index is 1210. The molecule has 0 amide bonds. The Morgan fingerprint density at radius 2 is 2.16 bits per heavy atom. The maximum absolute atomic E-state index is 15.9. The van der Waals surface area contributed by atoms with Gasteiger partial charge in [0, 0.05) is 30.6 Å². The van der Waals surface area contributed by atoms with Gasteiger partial charge in [-0.25, -0.2) is 9.37 Å². The fourth-order valence-corrected chi connectivity index (χ4v) is 5.97. The highest BCUT2D eigenvalue weighted by Gasteiger charge is 2.52. The zero-order chi connectivity index (χ0) is 21.9. The summed E-state index contributed by atoms with van der Waals surface area (Å²) >= 11 is 1.55. The molecule has 1 aromatic carbocycles. The van der Waals surface area contributed by atoms with Crippen molar-refractivity contribution in [3.63, 3.8) is 0 Å². The van der Waals surface area contributed by atoms with E-state index in [1.165, 1.54) is 0 Å². The van der Waals surface area contributed by atoms with Gasteiger partial charge in [0.1, 0.15) is 11.7 Å². The summed E-state index contributed by atoms with van der Waals surface area (Å²) in [4.78, 5) is 15.3. The molecule has 3 atom stereocenters. The molecule has 8 nitrogen and oxygen atoms in total. The predicted octanol–water partition coefficient (Wildman–Crippen LogP) is 3.67. The molecule has 1 fully saturated rings. The minimum absolute atomic E-state index is 0.0259. The number of benzene rings is 1. The number of thiazole rings is 1. The van der Waals surface area contributed by atoms with Crippen LogP contribution in [0, 0.1) is 11.2 Å². The summed E-state index contributed by atoms with van der Waals surface area (Å²) in [7, 11) is 0. The number of nitrogens with zero attached hydrogens (tertiary/aromatic N) is 5. The Morgan fingerprint density at radius 3 is 2.94 bits per heavy atom. The van der Waals surface area contributed by atoms with Crippen LogP contribution in [0.4, 0.5) is 15.9 Å². The van der Waals surface area contributed by atoms with E-state index in [9.17, 15) is 0 Å². The van der Waals surface area contributed by atoms with Gasteiger partial charge in [-0.3, -0.25) is 9.98 Å². The normalized spacial score (nSPS) is 25.8. The smallest absolute Gasteiger partial charge is 0.206 e. The standard InChI is InChI=1S/C22H23FN6O2S/c1-12-8-29-18-14(6-22(9-24-11-25-10-22)20(29)13(2)30-12)5-15-19(17(18)23)31-28-21(15)27-7-16-26-3-4-32-16/h3-5,9-10,12-13,20H,6-8,11H2,1-2H3,(H,27,28)/t12-,13+,20-/m1/s1. The van der Waals surface area contributed by atoms with Crippen molar-refractivity contribution in [1.82, 2.24) is 10.1 Å². The molecule has 10 heteroatoms. The van der Waals surface area contributed by atoms with Gasteiger partial charge in [0.05, 0.1) is 41.3 Å². The van der Waals surface area contributed by atoms with E-state index >= 15 is 4.39 Å². The molecular formula is C22H23FN6O2S. The summed E-state index contributed by atoms with van der Waals surface area (Å²) < 4.78 is 27.6. The van der Waals surface area contributed by atoms with Crippen molar-refractivity contribution in [3.8, 4) is 0 Å². The molecule has 3 aliphatic heterocycles. The van der Waals surface area contributed by atoms with Crippen LogP contribution in [-0.2, 0) is 17.7 Å². The average molecular weight is 455 g/mol. The van der Waals surface area contributed by atoms with Crippen LogP contribution in [0.3, 0.4) is 0 Å². The SMILES string of the molecule is C[C@@H]1CN2c3c(cc4c(NCc5nccs5)noc4c3F)CC3(C=NCN=C3)[C@H]2[C@H](C)O1. The second-order valence-electron chi connectivity index (χ2n) is 8.69. The maximum Gasteiger partial charge on any atom is 0.206 e. The van der Waals surface area contributed by atoms with Crippen LogP contribution < -0.4 is 10.2 Å². The topological polar surface area (TPSA) is 88.1 Å². The van der Waals surface area contributed by atoms with Gasteiger partial charge in [-0.15, -0.1) is 11.3 Å². The van der Waals surface area contributed by atoms with Gasteiger partial charge in [-0.2, -0.15) is 0 Å². The number of fused-ring (bicyclic) bond motifs is 5. The molecule has 2 aromatic heterocycles. The molecule has 32 heavy (non-hydrogen) atoms. The first kappa shape index (κ1) is 19.8. The summed E-state index contributed by atoms with van der Waals surface area (Å²) in [5, 5.41) is 10.8. The summed E-state index contributed by atoms with van der Waals surface area (Å²) in [5.41, 5.74) is 1.19. The van der Waals surface area contributed by atoms with Crippen LogP contribution in [0.2, 0.25) is 0 Å². The third kappa shape index (κ3) is 2.96. The number of aromatic nitrogens is 2. The second kappa shape index (κ2) is 7.35. The highest BCUT2D eigenvalue weighted by molar-refractivity contribution is 7.09. The molecule has 0 aliphatic carbocycles. The first-order chi connectivity index (χ1) is 15.6. The van der Waals surface area contributed by atoms with Crippen molar-refractivity contribution in [2.24, 2.45) is 15.4 Å². The van der Waals surface area contributed by atoms with Crippen molar-refractivity contribution in [2.45, 2.75) is 45.1 Å². The van der Waals surface area contributed by atoms with Crippen LogP contribution >= 0.6 is 11.3 Å². The Morgan fingerprint density at radius 1 is 1.31 bits per heavy atom. The molecule has 166 valence electrons. The van der Waals surface area contributed by atoms with Crippen molar-refractivity contribution < 1.29 is 13.7 Å². The van der Waals surface area contributed by atoms with Crippen molar-refractivity contribution in [2.75, 3.05) is 23.4 Å². The lowest BCUT2D eigenvalue weighted by Gasteiger charge is -2.54. The molecule has 1 N–H and O–H groups in total. The van der Waals surface area contributed by atoms with E-state index in [-0.39, 0.29) is 29.7 Å². The van der Waals surface area contributed by atoms with E-state index in [1.807, 2.05) is 37.7 Å². The summed E-state index contributed by atoms with van der Waals surface area (Å²) in [6, 6.07) is 1.89. The number of ether oxygens (including phenoxy) is 1. The summed E-state index contributed by atoms with van der Waals surface area (Å²) in [5.74, 6) is 0.140. The Balaban J connectivity index is 1.47. The Kier molecular flexibility index (Phi) is 4.55. The molecule has 0 unspecified atom stereocenters. The molecule has 3 aromatic rings. The molecular weight excluding hydrogens is 431 g/mol. The van der Waals surface area contributed by atoms with Gasteiger partial charge < -0.3 is 19.5 Å². The Hall–Kier alpha value is -2.85. The zero-order valence-corrected chi connectivity index (χ0v) is 18.6. The van der Waals surface area contributed by atoms with Gasteiger partial charge in [0.2, 0.25) is 5.58 Å². The highest BCUT2D eigenvalue weighted by atomic mass is 32.1. The number of anilines is 2. The van der Waals surface area contributed by atoms with Crippen LogP contribution in [0.5, 0.6) is 0 Å². The number of morpholine rings is 1. The molecule has 5 heterocycles. The van der Waals surface area contributed by atoms with Gasteiger partial charge in [0.15, 0.2) is 11.6 Å². The Labute approximate surface area is 188 Å². The monoisotopic (exact) mass is 454 g/mol. The van der Waals surface area contributed by atoms with Gasteiger partial charge >= 0.3 is 0 Å². The van der Waals surface area contributed by atoms with Gasteiger partial charge in [-0.1, -0.05) is 5.16 Å². The van der Waals surface area contributed by atoms with Crippen LogP contribution in [0.1, 0.15) is 24.4 Å². The number of rotatable bonds is 3. The van der Waals surface area contributed by atoms with Crippen LogP contribution in [-0.4, -0.2) is 54.0 Å². The van der Waals surface area contributed by atoms with Gasteiger partial charge in [0.25, 0.3) is 0 Å². The maximum atomic E-state index is 15.9. The van der Waals surface area contributed by atoms with Crippen molar-refractivity contribution in [3.05, 3.63) is 34.0 Å². The second-order valence-corrected chi connectivity index (χ2v) is 9.67. The third-order valence-electron chi connectivity index (χ3n) is 6.49. The van der Waals surface area contributed by atoms with E-state index in [4.69, 9.17) is 9.26 Å². The third-order valence-corrected chi connectivity index (χ3v) is 7.27. The van der Waals surface area contributed by atoms with Crippen LogP contribution in [0.25, 0.3) is 11.0 Å².